The lowest BCUT2D eigenvalue weighted by Gasteiger charge is -2.25. The van der Waals surface area contributed by atoms with Crippen molar-refractivity contribution in [3.8, 4) is 6.19 Å². The average Bonchev–Trinajstić information content (AvgIpc) is 3.28. The third-order valence-electron chi connectivity index (χ3n) is 5.35. The average molecular weight is 319 g/mol. The van der Waals surface area contributed by atoms with Gasteiger partial charge in [-0.25, -0.2) is 0 Å². The lowest BCUT2D eigenvalue weighted by atomic mass is 9.91. The van der Waals surface area contributed by atoms with Gasteiger partial charge in [-0.15, -0.1) is 0 Å². The van der Waals surface area contributed by atoms with E-state index in [9.17, 15) is 10.1 Å². The summed E-state index contributed by atoms with van der Waals surface area (Å²) in [6.07, 6.45) is 14.4. The molecule has 1 saturated heterocycles. The number of carbonyl (C=O) groups is 1. The zero-order chi connectivity index (χ0) is 16.5. The summed E-state index contributed by atoms with van der Waals surface area (Å²) in [5.41, 5.74) is 3.55. The molecule has 122 valence electrons. The van der Waals surface area contributed by atoms with Gasteiger partial charge in [-0.2, -0.15) is 5.26 Å². The molecule has 4 heteroatoms. The molecule has 0 spiro atoms. The number of hydrogen-bond acceptors (Lipinski definition) is 3. The lowest BCUT2D eigenvalue weighted by molar-refractivity contribution is -0.121. The maximum absolute atomic E-state index is 13.0. The summed E-state index contributed by atoms with van der Waals surface area (Å²) in [7, 11) is 0. The second-order valence-corrected chi connectivity index (χ2v) is 6.73. The van der Waals surface area contributed by atoms with Crippen LogP contribution in [0.3, 0.4) is 0 Å². The van der Waals surface area contributed by atoms with E-state index in [1.54, 1.807) is 4.90 Å². The highest BCUT2D eigenvalue weighted by Gasteiger charge is 2.36. The highest BCUT2D eigenvalue weighted by Crippen LogP contribution is 2.35. The molecule has 4 nitrogen and oxygen atoms in total. The Morgan fingerprint density at radius 2 is 2.17 bits per heavy atom. The highest BCUT2D eigenvalue weighted by atomic mass is 16.2. The fourth-order valence-corrected chi connectivity index (χ4v) is 4.01. The summed E-state index contributed by atoms with van der Waals surface area (Å²) in [5.74, 6) is 0.476. The summed E-state index contributed by atoms with van der Waals surface area (Å²) < 4.78 is 0. The standard InChI is InChI=1S/C20H21N3O/c21-14-22-11-4-7-18(22)20(24)23-12-10-16-8-9-17(13-19(16)23)15-5-2-1-3-6-15/h1-3,5,8-9,13,15,18H,4,6-7,10-12H2/t15?,18-/m0/s1. The van der Waals surface area contributed by atoms with Gasteiger partial charge in [-0.1, -0.05) is 36.4 Å². The van der Waals surface area contributed by atoms with Crippen LogP contribution < -0.4 is 4.90 Å². The van der Waals surface area contributed by atoms with E-state index in [2.05, 4.69) is 48.7 Å². The van der Waals surface area contributed by atoms with Gasteiger partial charge in [0.05, 0.1) is 0 Å². The molecule has 0 aromatic heterocycles. The Balaban J connectivity index is 1.61. The molecule has 0 saturated carbocycles. The van der Waals surface area contributed by atoms with Crippen molar-refractivity contribution in [3.05, 3.63) is 53.6 Å². The van der Waals surface area contributed by atoms with Crippen LogP contribution in [-0.4, -0.2) is 29.9 Å². The smallest absolute Gasteiger partial charge is 0.250 e. The van der Waals surface area contributed by atoms with E-state index in [1.807, 2.05) is 4.90 Å². The molecule has 2 aliphatic heterocycles. The van der Waals surface area contributed by atoms with E-state index >= 15 is 0 Å². The number of fused-ring (bicyclic) bond motifs is 1. The zero-order valence-corrected chi connectivity index (χ0v) is 13.7. The first-order chi connectivity index (χ1) is 11.8. The van der Waals surface area contributed by atoms with Crippen molar-refractivity contribution in [1.29, 1.82) is 5.26 Å². The number of hydrogen-bond donors (Lipinski definition) is 0. The van der Waals surface area contributed by atoms with Crippen LogP contribution in [-0.2, 0) is 11.2 Å². The maximum Gasteiger partial charge on any atom is 0.250 e. The van der Waals surface area contributed by atoms with Crippen molar-refractivity contribution >= 4 is 11.6 Å². The molecule has 1 aromatic carbocycles. The van der Waals surface area contributed by atoms with Gasteiger partial charge in [-0.3, -0.25) is 9.69 Å². The largest absolute Gasteiger partial charge is 0.310 e. The lowest BCUT2D eigenvalue weighted by Crippen LogP contribution is -2.43. The molecule has 24 heavy (non-hydrogen) atoms. The first kappa shape index (κ1) is 15.0. The van der Waals surface area contributed by atoms with Gasteiger partial charge >= 0.3 is 0 Å². The Labute approximate surface area is 142 Å². The highest BCUT2D eigenvalue weighted by molar-refractivity contribution is 5.99. The molecule has 3 aliphatic rings. The molecule has 1 amide bonds. The van der Waals surface area contributed by atoms with E-state index in [-0.39, 0.29) is 11.9 Å². The topological polar surface area (TPSA) is 47.3 Å². The monoisotopic (exact) mass is 319 g/mol. The number of carbonyl (C=O) groups excluding carboxylic acids is 1. The van der Waals surface area contributed by atoms with Crippen LogP contribution in [0.15, 0.2) is 42.5 Å². The van der Waals surface area contributed by atoms with Crippen molar-refractivity contribution in [3.63, 3.8) is 0 Å². The molecule has 1 unspecified atom stereocenters. The molecular weight excluding hydrogens is 298 g/mol. The molecule has 0 N–H and O–H groups in total. The maximum atomic E-state index is 13.0. The van der Waals surface area contributed by atoms with Gasteiger partial charge in [0.2, 0.25) is 5.91 Å². The molecule has 1 aromatic rings. The Kier molecular flexibility index (Phi) is 3.86. The van der Waals surface area contributed by atoms with Gasteiger partial charge in [0.1, 0.15) is 6.04 Å². The zero-order valence-electron chi connectivity index (χ0n) is 13.7. The van der Waals surface area contributed by atoms with Gasteiger partial charge in [0.25, 0.3) is 0 Å². The number of rotatable bonds is 2. The Morgan fingerprint density at radius 1 is 1.25 bits per heavy atom. The predicted molar refractivity (Wildman–Crippen MR) is 93.5 cm³/mol. The first-order valence-electron chi connectivity index (χ1n) is 8.72. The number of likely N-dealkylation sites (tertiary alicyclic amines) is 1. The van der Waals surface area contributed by atoms with E-state index in [0.717, 1.165) is 37.9 Å². The third kappa shape index (κ3) is 2.50. The Hall–Kier alpha value is -2.54. The number of amides is 1. The molecule has 0 radical (unpaired) electrons. The fraction of sp³-hybridized carbons (Fsp3) is 0.400. The van der Waals surface area contributed by atoms with Crippen LogP contribution in [0.1, 0.15) is 36.3 Å². The van der Waals surface area contributed by atoms with Crippen molar-refractivity contribution in [2.75, 3.05) is 18.0 Å². The van der Waals surface area contributed by atoms with Crippen molar-refractivity contribution in [2.24, 2.45) is 0 Å². The third-order valence-corrected chi connectivity index (χ3v) is 5.35. The minimum absolute atomic E-state index is 0.0871. The second-order valence-electron chi connectivity index (χ2n) is 6.73. The Bertz CT molecular complexity index is 759. The van der Waals surface area contributed by atoms with Crippen molar-refractivity contribution in [1.82, 2.24) is 4.90 Å². The SMILES string of the molecule is N#CN1CCC[C@H]1C(=O)N1CCc2ccc(C3C=CC=CC3)cc21. The Morgan fingerprint density at radius 3 is 2.96 bits per heavy atom. The van der Waals surface area contributed by atoms with Gasteiger partial charge in [0.15, 0.2) is 6.19 Å². The van der Waals surface area contributed by atoms with E-state index in [1.165, 1.54) is 11.1 Å². The predicted octanol–water partition coefficient (Wildman–Crippen LogP) is 3.12. The van der Waals surface area contributed by atoms with Crippen LogP contribution >= 0.6 is 0 Å². The van der Waals surface area contributed by atoms with Crippen molar-refractivity contribution in [2.45, 2.75) is 37.6 Å². The van der Waals surface area contributed by atoms with Crippen LogP contribution in [0.25, 0.3) is 0 Å². The van der Waals surface area contributed by atoms with E-state index in [0.29, 0.717) is 12.5 Å². The summed E-state index contributed by atoms with van der Waals surface area (Å²) in [4.78, 5) is 16.5. The first-order valence-corrected chi connectivity index (χ1v) is 8.72. The molecule has 2 atom stereocenters. The molecular formula is C20H21N3O. The number of nitriles is 1. The van der Waals surface area contributed by atoms with Gasteiger partial charge in [-0.05, 0) is 42.9 Å². The quantitative estimate of drug-likeness (QED) is 0.787. The second kappa shape index (κ2) is 6.16. The minimum atomic E-state index is -0.276. The molecule has 1 fully saturated rings. The molecule has 1 aliphatic carbocycles. The normalized spacial score (nSPS) is 25.0. The van der Waals surface area contributed by atoms with E-state index in [4.69, 9.17) is 0 Å². The minimum Gasteiger partial charge on any atom is -0.310 e. The van der Waals surface area contributed by atoms with Gasteiger partial charge in [0, 0.05) is 24.7 Å². The summed E-state index contributed by atoms with van der Waals surface area (Å²) in [6.45, 7) is 1.43. The summed E-state index contributed by atoms with van der Waals surface area (Å²) in [5, 5.41) is 9.23. The summed E-state index contributed by atoms with van der Waals surface area (Å²) in [6, 6.07) is 6.26. The molecule has 0 bridgehead atoms. The number of anilines is 1. The molecule has 2 heterocycles. The summed E-state index contributed by atoms with van der Waals surface area (Å²) >= 11 is 0. The number of benzene rings is 1. The van der Waals surface area contributed by atoms with Crippen LogP contribution in [0.4, 0.5) is 5.69 Å². The van der Waals surface area contributed by atoms with Crippen molar-refractivity contribution < 1.29 is 4.79 Å². The number of nitrogens with zero attached hydrogens (tertiary/aromatic N) is 3. The number of allylic oxidation sites excluding steroid dienone is 4. The molecule has 4 rings (SSSR count). The van der Waals surface area contributed by atoms with Crippen LogP contribution in [0.2, 0.25) is 0 Å². The fourth-order valence-electron chi connectivity index (χ4n) is 4.01. The van der Waals surface area contributed by atoms with Crippen LogP contribution in [0.5, 0.6) is 0 Å². The van der Waals surface area contributed by atoms with E-state index < -0.39 is 0 Å². The van der Waals surface area contributed by atoms with Crippen LogP contribution in [0, 0.1) is 11.5 Å². The van der Waals surface area contributed by atoms with Gasteiger partial charge < -0.3 is 4.90 Å².